The zero-order valence-electron chi connectivity index (χ0n) is 12.1. The standard InChI is InChI=1S/C15H15BrN4O2/c1-10-18-4-2-14(19-10)22-13-3-5-20(9-13)15(21)11-6-12(16)8-17-7-11/h2,4,6-8,13H,3,5,9H2,1H3/t13-/m0/s1. The molecule has 6 nitrogen and oxygen atoms in total. The number of pyridine rings is 1. The minimum atomic E-state index is -0.0432. The van der Waals surface area contributed by atoms with Crippen molar-refractivity contribution < 1.29 is 9.53 Å². The summed E-state index contributed by atoms with van der Waals surface area (Å²) in [5.74, 6) is 1.19. The first-order valence-electron chi connectivity index (χ1n) is 6.98. The van der Waals surface area contributed by atoms with E-state index in [1.54, 1.807) is 35.6 Å². The van der Waals surface area contributed by atoms with Gasteiger partial charge in [0.25, 0.3) is 5.91 Å². The van der Waals surface area contributed by atoms with Crippen molar-refractivity contribution in [3.63, 3.8) is 0 Å². The van der Waals surface area contributed by atoms with Gasteiger partial charge in [-0.2, -0.15) is 4.98 Å². The molecule has 2 aromatic rings. The maximum Gasteiger partial charge on any atom is 0.255 e. The molecule has 1 amide bonds. The SMILES string of the molecule is Cc1nccc(O[C@H]2CCN(C(=O)c3cncc(Br)c3)C2)n1. The van der Waals surface area contributed by atoms with E-state index in [1.807, 2.05) is 6.92 Å². The Kier molecular flexibility index (Phi) is 4.33. The van der Waals surface area contributed by atoms with Gasteiger partial charge in [-0.05, 0) is 28.9 Å². The Bertz CT molecular complexity index is 695. The fourth-order valence-corrected chi connectivity index (χ4v) is 2.76. The van der Waals surface area contributed by atoms with Crippen LogP contribution in [0.2, 0.25) is 0 Å². The molecule has 2 aromatic heterocycles. The van der Waals surface area contributed by atoms with E-state index in [9.17, 15) is 4.79 Å². The molecule has 3 rings (SSSR count). The van der Waals surface area contributed by atoms with E-state index in [0.717, 1.165) is 10.9 Å². The van der Waals surface area contributed by atoms with Crippen LogP contribution in [0.1, 0.15) is 22.6 Å². The predicted octanol–water partition coefficient (Wildman–Crippen LogP) is 2.24. The van der Waals surface area contributed by atoms with Gasteiger partial charge in [-0.25, -0.2) is 4.98 Å². The zero-order chi connectivity index (χ0) is 15.5. The summed E-state index contributed by atoms with van der Waals surface area (Å²) in [6.45, 7) is 3.03. The van der Waals surface area contributed by atoms with Crippen LogP contribution in [-0.2, 0) is 0 Å². The van der Waals surface area contributed by atoms with Gasteiger partial charge in [-0.1, -0.05) is 0 Å². The van der Waals surface area contributed by atoms with Crippen molar-refractivity contribution in [3.8, 4) is 5.88 Å². The lowest BCUT2D eigenvalue weighted by molar-refractivity contribution is 0.0770. The van der Waals surface area contributed by atoms with E-state index < -0.39 is 0 Å². The third-order valence-electron chi connectivity index (χ3n) is 3.42. The highest BCUT2D eigenvalue weighted by molar-refractivity contribution is 9.10. The lowest BCUT2D eigenvalue weighted by Crippen LogP contribution is -2.31. The second kappa shape index (κ2) is 6.39. The number of hydrogen-bond donors (Lipinski definition) is 0. The van der Waals surface area contributed by atoms with Crippen molar-refractivity contribution in [3.05, 3.63) is 46.6 Å². The molecule has 1 fully saturated rings. The van der Waals surface area contributed by atoms with Crippen LogP contribution in [0.5, 0.6) is 5.88 Å². The van der Waals surface area contributed by atoms with E-state index in [4.69, 9.17) is 4.74 Å². The van der Waals surface area contributed by atoms with Crippen molar-refractivity contribution >= 4 is 21.8 Å². The molecule has 0 spiro atoms. The molecule has 0 aliphatic carbocycles. The molecule has 1 saturated heterocycles. The summed E-state index contributed by atoms with van der Waals surface area (Å²) in [6.07, 6.45) is 5.65. The number of amides is 1. The molecule has 1 aliphatic heterocycles. The third-order valence-corrected chi connectivity index (χ3v) is 3.86. The highest BCUT2D eigenvalue weighted by atomic mass is 79.9. The van der Waals surface area contributed by atoms with E-state index in [0.29, 0.717) is 30.4 Å². The van der Waals surface area contributed by atoms with Crippen molar-refractivity contribution in [1.82, 2.24) is 19.9 Å². The third kappa shape index (κ3) is 3.41. The number of carbonyl (C=O) groups excluding carboxylic acids is 1. The first kappa shape index (κ1) is 14.9. The molecule has 0 bridgehead atoms. The quantitative estimate of drug-likeness (QED) is 0.837. The van der Waals surface area contributed by atoms with Crippen molar-refractivity contribution in [2.75, 3.05) is 13.1 Å². The van der Waals surface area contributed by atoms with Crippen molar-refractivity contribution in [2.24, 2.45) is 0 Å². The fourth-order valence-electron chi connectivity index (χ4n) is 2.39. The molecular weight excluding hydrogens is 348 g/mol. The minimum absolute atomic E-state index is 0.0289. The van der Waals surface area contributed by atoms with Gasteiger partial charge >= 0.3 is 0 Å². The topological polar surface area (TPSA) is 68.2 Å². The van der Waals surface area contributed by atoms with Gasteiger partial charge in [-0.15, -0.1) is 0 Å². The maximum absolute atomic E-state index is 12.4. The smallest absolute Gasteiger partial charge is 0.255 e. The predicted molar refractivity (Wildman–Crippen MR) is 83.6 cm³/mol. The van der Waals surface area contributed by atoms with Crippen LogP contribution in [-0.4, -0.2) is 45.0 Å². The summed E-state index contributed by atoms with van der Waals surface area (Å²) in [7, 11) is 0. The average Bonchev–Trinajstić information content (AvgIpc) is 2.95. The molecule has 3 heterocycles. The number of nitrogens with zero attached hydrogens (tertiary/aromatic N) is 4. The number of halogens is 1. The van der Waals surface area contributed by atoms with Crippen LogP contribution in [0.15, 0.2) is 35.2 Å². The van der Waals surface area contributed by atoms with E-state index >= 15 is 0 Å². The number of ether oxygens (including phenoxy) is 1. The van der Waals surface area contributed by atoms with Gasteiger partial charge in [0.15, 0.2) is 0 Å². The second-order valence-electron chi connectivity index (χ2n) is 5.11. The van der Waals surface area contributed by atoms with Crippen LogP contribution < -0.4 is 4.74 Å². The average molecular weight is 363 g/mol. The highest BCUT2D eigenvalue weighted by Gasteiger charge is 2.28. The first-order valence-corrected chi connectivity index (χ1v) is 7.77. The molecule has 0 N–H and O–H groups in total. The molecule has 114 valence electrons. The summed E-state index contributed by atoms with van der Waals surface area (Å²) in [5, 5.41) is 0. The Hall–Kier alpha value is -2.02. The first-order chi connectivity index (χ1) is 10.6. The van der Waals surface area contributed by atoms with Crippen LogP contribution in [0, 0.1) is 6.92 Å². The molecule has 22 heavy (non-hydrogen) atoms. The Morgan fingerprint density at radius 3 is 3.09 bits per heavy atom. The summed E-state index contributed by atoms with van der Waals surface area (Å²) in [5.41, 5.74) is 0.577. The summed E-state index contributed by atoms with van der Waals surface area (Å²) in [4.78, 5) is 26.5. The van der Waals surface area contributed by atoms with Gasteiger partial charge in [0.2, 0.25) is 5.88 Å². The lowest BCUT2D eigenvalue weighted by Gasteiger charge is -2.17. The fraction of sp³-hybridized carbons (Fsp3) is 0.333. The molecular formula is C15H15BrN4O2. The number of likely N-dealkylation sites (tertiary alicyclic amines) is 1. The molecule has 0 saturated carbocycles. The molecule has 0 radical (unpaired) electrons. The Morgan fingerprint density at radius 1 is 1.45 bits per heavy atom. The van der Waals surface area contributed by atoms with Gasteiger partial charge in [0.1, 0.15) is 11.9 Å². The van der Waals surface area contributed by atoms with E-state index in [1.165, 1.54) is 0 Å². The number of rotatable bonds is 3. The Morgan fingerprint density at radius 2 is 2.32 bits per heavy atom. The van der Waals surface area contributed by atoms with E-state index in [2.05, 4.69) is 30.9 Å². The minimum Gasteiger partial charge on any atom is -0.472 e. The van der Waals surface area contributed by atoms with E-state index in [-0.39, 0.29) is 12.0 Å². The lowest BCUT2D eigenvalue weighted by atomic mass is 10.2. The molecule has 7 heteroatoms. The number of aromatic nitrogens is 3. The van der Waals surface area contributed by atoms with Crippen molar-refractivity contribution in [1.29, 1.82) is 0 Å². The zero-order valence-corrected chi connectivity index (χ0v) is 13.7. The molecule has 1 atom stereocenters. The van der Waals surface area contributed by atoms with Gasteiger partial charge in [-0.3, -0.25) is 9.78 Å². The normalized spacial score (nSPS) is 17.5. The van der Waals surface area contributed by atoms with Crippen molar-refractivity contribution in [2.45, 2.75) is 19.4 Å². The molecule has 0 aromatic carbocycles. The van der Waals surface area contributed by atoms with Crippen LogP contribution in [0.25, 0.3) is 0 Å². The van der Waals surface area contributed by atoms with Crippen LogP contribution in [0.3, 0.4) is 0 Å². The molecule has 1 aliphatic rings. The van der Waals surface area contributed by atoms with Crippen LogP contribution in [0.4, 0.5) is 0 Å². The maximum atomic E-state index is 12.4. The largest absolute Gasteiger partial charge is 0.472 e. The number of aryl methyl sites for hydroxylation is 1. The highest BCUT2D eigenvalue weighted by Crippen LogP contribution is 2.19. The Labute approximate surface area is 136 Å². The van der Waals surface area contributed by atoms with Gasteiger partial charge < -0.3 is 9.64 Å². The number of carbonyl (C=O) groups is 1. The number of hydrogen-bond acceptors (Lipinski definition) is 5. The second-order valence-corrected chi connectivity index (χ2v) is 6.03. The summed E-state index contributed by atoms with van der Waals surface area (Å²) < 4.78 is 6.62. The van der Waals surface area contributed by atoms with Gasteiger partial charge in [0, 0.05) is 42.1 Å². The molecule has 0 unspecified atom stereocenters. The monoisotopic (exact) mass is 362 g/mol. The Balaban J connectivity index is 1.63. The van der Waals surface area contributed by atoms with Crippen LogP contribution >= 0.6 is 15.9 Å². The van der Waals surface area contributed by atoms with Gasteiger partial charge in [0.05, 0.1) is 12.1 Å². The summed E-state index contributed by atoms with van der Waals surface area (Å²) >= 11 is 3.33. The summed E-state index contributed by atoms with van der Waals surface area (Å²) in [6, 6.07) is 3.51.